The maximum atomic E-state index is 13.0. The number of hydrogen-bond donors (Lipinski definition) is 0. The molecule has 29 heavy (non-hydrogen) atoms. The standard InChI is InChI=1S/C20H22BrN3O3S2/c1-4-10-24-19(25)17-12-15(21)8-9-18(17)22-20(24)28-13-14-6-5-7-16(11-14)29(26,27)23(2)3/h5-9,11-12H,4,10,13H2,1-3H3. The van der Waals surface area contributed by atoms with Crippen LogP contribution in [0.5, 0.6) is 0 Å². The number of rotatable bonds is 7. The lowest BCUT2D eigenvalue weighted by Crippen LogP contribution is -2.23. The van der Waals surface area contributed by atoms with Crippen LogP contribution in [0, 0.1) is 0 Å². The molecule has 2 aromatic carbocycles. The lowest BCUT2D eigenvalue weighted by molar-refractivity contribution is 0.520. The summed E-state index contributed by atoms with van der Waals surface area (Å²) < 4.78 is 28.5. The van der Waals surface area contributed by atoms with Crippen molar-refractivity contribution < 1.29 is 8.42 Å². The van der Waals surface area contributed by atoms with Gasteiger partial charge in [-0.2, -0.15) is 0 Å². The van der Waals surface area contributed by atoms with Crippen molar-refractivity contribution >= 4 is 48.6 Å². The average Bonchev–Trinajstić information content (AvgIpc) is 2.69. The van der Waals surface area contributed by atoms with E-state index >= 15 is 0 Å². The topological polar surface area (TPSA) is 72.3 Å². The van der Waals surface area contributed by atoms with Crippen molar-refractivity contribution in [1.82, 2.24) is 13.9 Å². The number of halogens is 1. The molecular weight excluding hydrogens is 474 g/mol. The summed E-state index contributed by atoms with van der Waals surface area (Å²) in [7, 11) is -0.467. The van der Waals surface area contributed by atoms with E-state index in [1.54, 1.807) is 28.8 Å². The van der Waals surface area contributed by atoms with Crippen molar-refractivity contribution in [2.24, 2.45) is 0 Å². The zero-order valence-electron chi connectivity index (χ0n) is 16.4. The quantitative estimate of drug-likeness (QED) is 0.364. The second kappa shape index (κ2) is 8.99. The molecule has 0 spiro atoms. The van der Waals surface area contributed by atoms with Gasteiger partial charge in [-0.1, -0.05) is 46.7 Å². The third-order valence-electron chi connectivity index (χ3n) is 4.37. The number of nitrogens with zero attached hydrogens (tertiary/aromatic N) is 3. The molecule has 0 aliphatic carbocycles. The predicted octanol–water partition coefficient (Wildman–Crippen LogP) is 4.11. The van der Waals surface area contributed by atoms with Crippen molar-refractivity contribution in [3.8, 4) is 0 Å². The molecule has 3 aromatic rings. The number of fused-ring (bicyclic) bond motifs is 1. The van der Waals surface area contributed by atoms with Crippen LogP contribution in [0.25, 0.3) is 10.9 Å². The molecule has 154 valence electrons. The van der Waals surface area contributed by atoms with Crippen molar-refractivity contribution in [2.45, 2.75) is 35.7 Å². The molecule has 0 fully saturated rings. The lowest BCUT2D eigenvalue weighted by atomic mass is 10.2. The van der Waals surface area contributed by atoms with Gasteiger partial charge in [0.05, 0.1) is 15.8 Å². The van der Waals surface area contributed by atoms with Gasteiger partial charge in [-0.05, 0) is 42.3 Å². The number of aromatic nitrogens is 2. The molecule has 0 bridgehead atoms. The highest BCUT2D eigenvalue weighted by molar-refractivity contribution is 9.10. The molecule has 0 atom stereocenters. The van der Waals surface area contributed by atoms with Crippen LogP contribution in [0.2, 0.25) is 0 Å². The molecule has 6 nitrogen and oxygen atoms in total. The van der Waals surface area contributed by atoms with Gasteiger partial charge in [-0.25, -0.2) is 17.7 Å². The first-order valence-corrected chi connectivity index (χ1v) is 12.3. The highest BCUT2D eigenvalue weighted by atomic mass is 79.9. The third kappa shape index (κ3) is 4.74. The Morgan fingerprint density at radius 2 is 1.93 bits per heavy atom. The van der Waals surface area contributed by atoms with Crippen molar-refractivity contribution in [1.29, 1.82) is 0 Å². The fourth-order valence-electron chi connectivity index (χ4n) is 2.86. The van der Waals surface area contributed by atoms with E-state index in [0.717, 1.165) is 16.5 Å². The highest BCUT2D eigenvalue weighted by Gasteiger charge is 2.18. The summed E-state index contributed by atoms with van der Waals surface area (Å²) in [5.41, 5.74) is 1.44. The molecule has 0 saturated heterocycles. The first kappa shape index (κ1) is 22.0. The molecule has 0 unspecified atom stereocenters. The second-order valence-electron chi connectivity index (χ2n) is 6.74. The van der Waals surface area contributed by atoms with E-state index in [9.17, 15) is 13.2 Å². The Morgan fingerprint density at radius 3 is 2.62 bits per heavy atom. The number of benzene rings is 2. The van der Waals surface area contributed by atoms with Gasteiger partial charge >= 0.3 is 0 Å². The van der Waals surface area contributed by atoms with Gasteiger partial charge in [0.25, 0.3) is 5.56 Å². The summed E-state index contributed by atoms with van der Waals surface area (Å²) in [6.45, 7) is 2.59. The first-order valence-electron chi connectivity index (χ1n) is 9.08. The molecule has 0 radical (unpaired) electrons. The van der Waals surface area contributed by atoms with E-state index in [4.69, 9.17) is 0 Å². The average molecular weight is 496 g/mol. The maximum absolute atomic E-state index is 13.0. The Hall–Kier alpha value is -1.68. The van der Waals surface area contributed by atoms with E-state index < -0.39 is 10.0 Å². The predicted molar refractivity (Wildman–Crippen MR) is 121 cm³/mol. The summed E-state index contributed by atoms with van der Waals surface area (Å²) in [4.78, 5) is 17.9. The van der Waals surface area contributed by atoms with Crippen LogP contribution < -0.4 is 5.56 Å². The minimum Gasteiger partial charge on any atom is -0.287 e. The SMILES string of the molecule is CCCn1c(SCc2cccc(S(=O)(=O)N(C)C)c2)nc2ccc(Br)cc2c1=O. The zero-order valence-corrected chi connectivity index (χ0v) is 19.6. The van der Waals surface area contributed by atoms with Gasteiger partial charge in [0.2, 0.25) is 10.0 Å². The number of hydrogen-bond acceptors (Lipinski definition) is 5. The zero-order chi connectivity index (χ0) is 21.2. The summed E-state index contributed by atoms with van der Waals surface area (Å²) >= 11 is 4.84. The molecule has 1 heterocycles. The summed E-state index contributed by atoms with van der Waals surface area (Å²) in [6, 6.07) is 12.3. The fourth-order valence-corrected chi connectivity index (χ4v) is 5.16. The molecule has 9 heteroatoms. The molecular formula is C20H22BrN3O3S2. The van der Waals surface area contributed by atoms with Crippen LogP contribution in [0.1, 0.15) is 18.9 Å². The molecule has 1 aromatic heterocycles. The van der Waals surface area contributed by atoms with E-state index in [0.29, 0.717) is 28.4 Å². The minimum atomic E-state index is -3.49. The smallest absolute Gasteiger partial charge is 0.262 e. The van der Waals surface area contributed by atoms with Gasteiger partial charge in [-0.3, -0.25) is 9.36 Å². The summed E-state index contributed by atoms with van der Waals surface area (Å²) in [6.07, 6.45) is 0.811. The molecule has 0 N–H and O–H groups in total. The van der Waals surface area contributed by atoms with Gasteiger partial charge in [0.15, 0.2) is 5.16 Å². The van der Waals surface area contributed by atoms with Crippen molar-refractivity contribution in [3.63, 3.8) is 0 Å². The summed E-state index contributed by atoms with van der Waals surface area (Å²) in [5, 5.41) is 1.21. The van der Waals surface area contributed by atoms with Crippen LogP contribution >= 0.6 is 27.7 Å². The van der Waals surface area contributed by atoms with Gasteiger partial charge < -0.3 is 0 Å². The number of sulfonamides is 1. The Kier molecular flexibility index (Phi) is 6.83. The van der Waals surface area contributed by atoms with Crippen molar-refractivity contribution in [3.05, 3.63) is 62.9 Å². The third-order valence-corrected chi connectivity index (χ3v) is 7.73. The van der Waals surface area contributed by atoms with Crippen LogP contribution in [-0.4, -0.2) is 36.4 Å². The van der Waals surface area contributed by atoms with Crippen LogP contribution in [0.4, 0.5) is 0 Å². The van der Waals surface area contributed by atoms with E-state index in [1.165, 1.54) is 30.2 Å². The van der Waals surface area contributed by atoms with E-state index in [2.05, 4.69) is 20.9 Å². The summed E-state index contributed by atoms with van der Waals surface area (Å²) in [5.74, 6) is 0.509. The molecule has 3 rings (SSSR count). The Bertz CT molecular complexity index is 1210. The Morgan fingerprint density at radius 1 is 1.17 bits per heavy atom. The Labute approximate surface area is 183 Å². The largest absolute Gasteiger partial charge is 0.287 e. The maximum Gasteiger partial charge on any atom is 0.262 e. The van der Waals surface area contributed by atoms with Gasteiger partial charge in [0, 0.05) is 30.9 Å². The first-order chi connectivity index (χ1) is 13.7. The van der Waals surface area contributed by atoms with Crippen LogP contribution in [-0.2, 0) is 22.3 Å². The minimum absolute atomic E-state index is 0.0652. The fraction of sp³-hybridized carbons (Fsp3) is 0.300. The normalized spacial score (nSPS) is 12.0. The molecule has 0 saturated carbocycles. The lowest BCUT2D eigenvalue weighted by Gasteiger charge is -2.14. The number of thioether (sulfide) groups is 1. The van der Waals surface area contributed by atoms with Crippen LogP contribution in [0.3, 0.4) is 0 Å². The monoisotopic (exact) mass is 495 g/mol. The van der Waals surface area contributed by atoms with Gasteiger partial charge in [-0.15, -0.1) is 0 Å². The molecule has 0 aliphatic rings. The van der Waals surface area contributed by atoms with Crippen molar-refractivity contribution in [2.75, 3.05) is 14.1 Å². The van der Waals surface area contributed by atoms with Gasteiger partial charge in [0.1, 0.15) is 0 Å². The van der Waals surface area contributed by atoms with Crippen LogP contribution in [0.15, 0.2) is 61.8 Å². The van der Waals surface area contributed by atoms with E-state index in [1.807, 2.05) is 25.1 Å². The highest BCUT2D eigenvalue weighted by Crippen LogP contribution is 2.25. The Balaban J connectivity index is 1.96. The second-order valence-corrected chi connectivity index (χ2v) is 10.7. The molecule has 0 amide bonds. The van der Waals surface area contributed by atoms with E-state index in [-0.39, 0.29) is 10.5 Å². The molecule has 0 aliphatic heterocycles.